The minimum absolute atomic E-state index is 0. The van der Waals surface area contributed by atoms with Gasteiger partial charge in [-0.3, -0.25) is 64.0 Å². The smallest absolute Gasteiger partial charge is 0.295 e. The molecule has 4 aromatic carbocycles. The van der Waals surface area contributed by atoms with E-state index in [-0.39, 0.29) is 83.5 Å². The van der Waals surface area contributed by atoms with Crippen molar-refractivity contribution in [3.05, 3.63) is 155 Å². The summed E-state index contributed by atoms with van der Waals surface area (Å²) in [6, 6.07) is 25.5. The number of pyridine rings is 1. The molecule has 6 rings (SSSR count). The number of hydrazone groups is 1. The number of rotatable bonds is 29. The molecule has 0 spiro atoms. The molecule has 27 heteroatoms. The Labute approximate surface area is 536 Å². The molecule has 0 radical (unpaired) electrons. The lowest BCUT2D eigenvalue weighted by molar-refractivity contribution is -0.138. The lowest BCUT2D eigenvalue weighted by Gasteiger charge is -2.27. The summed E-state index contributed by atoms with van der Waals surface area (Å²) in [5, 5.41) is 20.5. The Kier molecular flexibility index (Phi) is 27.5. The molecule has 1 aliphatic rings. The Morgan fingerprint density at radius 3 is 1.90 bits per heavy atom. The number of amides is 9. The highest BCUT2D eigenvalue weighted by Gasteiger charge is 2.36. The normalized spacial score (nSPS) is 14.3. The van der Waals surface area contributed by atoms with Gasteiger partial charge in [0, 0.05) is 43.8 Å². The predicted octanol–water partition coefficient (Wildman–Crippen LogP) is 4.84. The number of hydrogen-bond donors (Lipinski definition) is 11. The molecule has 2 heterocycles. The van der Waals surface area contributed by atoms with E-state index >= 15 is 0 Å². The summed E-state index contributed by atoms with van der Waals surface area (Å²) >= 11 is 0. The van der Waals surface area contributed by atoms with Crippen LogP contribution in [0.25, 0.3) is 0 Å². The van der Waals surface area contributed by atoms with Gasteiger partial charge < -0.3 is 47.7 Å². The third-order valence-electron chi connectivity index (χ3n) is 14.3. The molecule has 1 aliphatic heterocycles. The van der Waals surface area contributed by atoms with Crippen LogP contribution in [-0.2, 0) is 63.1 Å². The second-order valence-electron chi connectivity index (χ2n) is 23.9. The van der Waals surface area contributed by atoms with Crippen LogP contribution in [0.15, 0.2) is 131 Å². The molecule has 5 atom stereocenters. The number of carbonyl (C=O) groups excluding carboxylic acids is 9. The fourth-order valence-corrected chi connectivity index (χ4v) is 10.5. The zero-order valence-electron chi connectivity index (χ0n) is 53.0. The summed E-state index contributed by atoms with van der Waals surface area (Å²) in [5.74, 6) is -4.89. The van der Waals surface area contributed by atoms with Crippen LogP contribution >= 0.6 is 0 Å². The number of hydrogen-bond acceptors (Lipinski definition) is 16. The van der Waals surface area contributed by atoms with Crippen LogP contribution < -0.4 is 59.1 Å². The number of ether oxygens (including phenoxy) is 1. The van der Waals surface area contributed by atoms with Gasteiger partial charge in [0.2, 0.25) is 35.4 Å². The van der Waals surface area contributed by atoms with Gasteiger partial charge in [0.1, 0.15) is 52.3 Å². The van der Waals surface area contributed by atoms with E-state index in [1.807, 2.05) is 78.8 Å². The number of hydrazine groups is 1. The first-order valence-corrected chi connectivity index (χ1v) is 31.4. The molecule has 0 aliphatic carbocycles. The molecular formula is C65H85N13O13S. The molecular weight excluding hydrogens is 1200 g/mol. The molecule has 0 unspecified atom stereocenters. The predicted molar refractivity (Wildman–Crippen MR) is 345 cm³/mol. The summed E-state index contributed by atoms with van der Waals surface area (Å²) < 4.78 is 38.8. The molecule has 0 bridgehead atoms. The minimum atomic E-state index is -4.48. The Morgan fingerprint density at radius 2 is 1.28 bits per heavy atom. The van der Waals surface area contributed by atoms with Crippen molar-refractivity contribution in [1.29, 1.82) is 0 Å². The highest BCUT2D eigenvalue weighted by molar-refractivity contribution is 7.86. The van der Waals surface area contributed by atoms with Crippen LogP contribution in [0.5, 0.6) is 5.75 Å². The minimum Gasteiger partial charge on any atom is -0.488 e. The number of nitrogens with zero attached hydrogens (tertiary/aromatic N) is 3. The van der Waals surface area contributed by atoms with Crippen LogP contribution in [0.4, 0.5) is 5.82 Å². The van der Waals surface area contributed by atoms with Crippen LogP contribution in [0.2, 0.25) is 0 Å². The van der Waals surface area contributed by atoms with Gasteiger partial charge in [-0.05, 0) is 130 Å². The molecule has 1 saturated heterocycles. The van der Waals surface area contributed by atoms with Crippen LogP contribution in [0.3, 0.4) is 0 Å². The first-order valence-electron chi connectivity index (χ1n) is 30.0. The van der Waals surface area contributed by atoms with Crippen molar-refractivity contribution in [2.45, 2.75) is 148 Å². The number of aromatic nitrogens is 1. The molecule has 92 heavy (non-hydrogen) atoms. The van der Waals surface area contributed by atoms with Crippen molar-refractivity contribution in [2.75, 3.05) is 18.5 Å². The molecule has 1 aromatic heterocycles. The van der Waals surface area contributed by atoms with E-state index in [4.69, 9.17) is 4.74 Å². The standard InChI is InChI=1S/C65H82N12O13S.H3N/c1-40(2)33-51(73-64(86)54-18-14-32-77(54)42(5)78)60(82)68-39-57(79)70-50(30-24-43-15-10-9-11-16-43)61(83)72-53(35-44-22-28-49(29-23-44)90-65(6,7)8)62(84)71-52(34-41(3)4)63(85)76-75-59(81)46-25-20-45(21-26-46)36-67-58(80)48-27-31-56(66-37-48)74-69-38-47-17-12-13-19-55(47)91(87,88)89;/h9-13,15-17,19-23,25-29,31,37-38,40-41,50-54H,14,18,24,30,32-36,39H2,1-8H3,(H,66,74)(H,67,80)(H,68,82)(H,70,79)(H,71,84)(H,72,83)(H,73,86)(H,75,81)(H,76,85)(H,87,88,89);1H3/t50-,51-,52-,53-,54-;/m0./s1. The monoisotopic (exact) mass is 1290 g/mol. The van der Waals surface area contributed by atoms with E-state index in [1.165, 1.54) is 66.7 Å². The average Bonchev–Trinajstić information content (AvgIpc) is 1.56. The second kappa shape index (κ2) is 34.6. The van der Waals surface area contributed by atoms with Gasteiger partial charge in [0.05, 0.1) is 18.3 Å². The van der Waals surface area contributed by atoms with Crippen LogP contribution in [0, 0.1) is 11.8 Å². The zero-order chi connectivity index (χ0) is 66.4. The Bertz CT molecular complexity index is 3490. The second-order valence-corrected chi connectivity index (χ2v) is 25.3. The number of aryl methyl sites for hydroxylation is 1. The Hall–Kier alpha value is -9.60. The van der Waals surface area contributed by atoms with Crippen molar-refractivity contribution in [2.24, 2.45) is 16.9 Å². The van der Waals surface area contributed by atoms with Gasteiger partial charge in [0.15, 0.2) is 0 Å². The van der Waals surface area contributed by atoms with Gasteiger partial charge in [-0.1, -0.05) is 100 Å². The number of carbonyl (C=O) groups is 9. The molecule has 5 aromatic rings. The molecule has 26 nitrogen and oxygen atoms in total. The van der Waals surface area contributed by atoms with E-state index in [1.54, 1.807) is 42.5 Å². The van der Waals surface area contributed by atoms with Crippen molar-refractivity contribution >= 4 is 75.3 Å². The lowest BCUT2D eigenvalue weighted by atomic mass is 10.00. The van der Waals surface area contributed by atoms with Crippen LogP contribution in [0.1, 0.15) is 130 Å². The highest BCUT2D eigenvalue weighted by Crippen LogP contribution is 2.22. The largest absolute Gasteiger partial charge is 0.488 e. The van der Waals surface area contributed by atoms with Crippen molar-refractivity contribution in [1.82, 2.24) is 58.8 Å². The fourth-order valence-electron chi connectivity index (χ4n) is 9.81. The maximum atomic E-state index is 14.6. The molecule has 0 saturated carbocycles. The summed E-state index contributed by atoms with van der Waals surface area (Å²) in [7, 11) is -4.48. The summed E-state index contributed by atoms with van der Waals surface area (Å²) in [6.07, 6.45) is 4.24. The molecule has 494 valence electrons. The van der Waals surface area contributed by atoms with Gasteiger partial charge in [0.25, 0.3) is 27.8 Å². The third kappa shape index (κ3) is 23.6. The molecule has 1 fully saturated rings. The zero-order valence-corrected chi connectivity index (χ0v) is 53.9. The number of benzene rings is 4. The topological polar surface area (TPSA) is 389 Å². The highest BCUT2D eigenvalue weighted by atomic mass is 32.2. The van der Waals surface area contributed by atoms with E-state index in [9.17, 15) is 56.1 Å². The fraction of sp³-hybridized carbons (Fsp3) is 0.400. The van der Waals surface area contributed by atoms with Crippen molar-refractivity contribution in [3.8, 4) is 5.75 Å². The summed E-state index contributed by atoms with van der Waals surface area (Å²) in [5.41, 5.74) is 9.52. The summed E-state index contributed by atoms with van der Waals surface area (Å²) in [6.45, 7) is 14.4. The average molecular weight is 1290 g/mol. The lowest BCUT2D eigenvalue weighted by Crippen LogP contribution is -2.59. The van der Waals surface area contributed by atoms with Gasteiger partial charge in [-0.25, -0.2) is 4.98 Å². The van der Waals surface area contributed by atoms with E-state index < -0.39 is 99.7 Å². The third-order valence-corrected chi connectivity index (χ3v) is 15.2. The summed E-state index contributed by atoms with van der Waals surface area (Å²) in [4.78, 5) is 128. The number of anilines is 1. The maximum absolute atomic E-state index is 14.6. The molecule has 13 N–H and O–H groups in total. The van der Waals surface area contributed by atoms with E-state index in [2.05, 4.69) is 58.3 Å². The van der Waals surface area contributed by atoms with Gasteiger partial charge >= 0.3 is 0 Å². The number of nitrogens with one attached hydrogen (secondary N) is 9. The van der Waals surface area contributed by atoms with Gasteiger partial charge in [-0.2, -0.15) is 13.5 Å². The first-order chi connectivity index (χ1) is 43.1. The van der Waals surface area contributed by atoms with Gasteiger partial charge in [-0.15, -0.1) is 0 Å². The quantitative estimate of drug-likeness (QED) is 0.0173. The van der Waals surface area contributed by atoms with Crippen molar-refractivity contribution < 1.29 is 60.9 Å². The van der Waals surface area contributed by atoms with E-state index in [0.717, 1.165) is 5.56 Å². The Balaban J connectivity index is 0.0000154. The molecule has 9 amide bonds. The Morgan fingerprint density at radius 1 is 0.674 bits per heavy atom. The van der Waals surface area contributed by atoms with Crippen molar-refractivity contribution in [3.63, 3.8) is 0 Å². The SMILES string of the molecule is CC(=O)N1CCC[C@H]1C(=O)N[C@@H](CC(C)C)C(=O)NCC(=O)N[C@@H](CCc1ccccc1)C(=O)N[C@@H](Cc1ccc(OC(C)(C)C)cc1)C(=O)N[C@@H](CC(C)C)C(=O)NNC(=O)c1ccc(CNC(=O)c2ccc(NN=Cc3ccccc3S(=O)(=O)O)nc2)cc1.N. The maximum Gasteiger partial charge on any atom is 0.295 e. The van der Waals surface area contributed by atoms with E-state index in [0.29, 0.717) is 42.7 Å². The van der Waals surface area contributed by atoms with Crippen LogP contribution in [-0.4, -0.2) is 131 Å². The number of likely N-dealkylation sites (tertiary alicyclic amines) is 1. The first kappa shape index (κ1) is 73.1.